The van der Waals surface area contributed by atoms with Crippen molar-refractivity contribution in [1.82, 2.24) is 5.32 Å². The van der Waals surface area contributed by atoms with Crippen LogP contribution in [-0.2, 0) is 6.54 Å². The van der Waals surface area contributed by atoms with Crippen molar-refractivity contribution < 1.29 is 4.74 Å². The van der Waals surface area contributed by atoms with Gasteiger partial charge >= 0.3 is 0 Å². The summed E-state index contributed by atoms with van der Waals surface area (Å²) in [4.78, 5) is 0. The lowest BCUT2D eigenvalue weighted by molar-refractivity contribution is 0.412. The monoisotopic (exact) mass is 269 g/mol. The molecule has 0 unspecified atom stereocenters. The summed E-state index contributed by atoms with van der Waals surface area (Å²) in [7, 11) is 1.71. The molecule has 2 aromatic carbocycles. The molecule has 2 rings (SSSR count). The SMILES string of the molecule is COc1ccc(-c2cccc(CNC(C)C)c2)cc1C. The molecule has 0 heterocycles. The summed E-state index contributed by atoms with van der Waals surface area (Å²) in [6.45, 7) is 7.31. The zero-order valence-corrected chi connectivity index (χ0v) is 12.7. The molecular formula is C18H23NO. The maximum Gasteiger partial charge on any atom is 0.121 e. The van der Waals surface area contributed by atoms with Gasteiger partial charge in [-0.25, -0.2) is 0 Å². The highest BCUT2D eigenvalue weighted by molar-refractivity contribution is 5.66. The largest absolute Gasteiger partial charge is 0.496 e. The summed E-state index contributed by atoms with van der Waals surface area (Å²) in [6, 6.07) is 15.5. The van der Waals surface area contributed by atoms with Crippen LogP contribution in [0.2, 0.25) is 0 Å². The van der Waals surface area contributed by atoms with Crippen LogP contribution in [0.3, 0.4) is 0 Å². The average Bonchev–Trinajstić information content (AvgIpc) is 2.45. The van der Waals surface area contributed by atoms with Crippen molar-refractivity contribution in [2.24, 2.45) is 0 Å². The summed E-state index contributed by atoms with van der Waals surface area (Å²) in [5, 5.41) is 3.45. The second-order valence-electron chi connectivity index (χ2n) is 5.42. The first kappa shape index (κ1) is 14.6. The number of benzene rings is 2. The molecule has 2 nitrogen and oxygen atoms in total. The Labute approximate surface area is 121 Å². The van der Waals surface area contributed by atoms with Gasteiger partial charge < -0.3 is 10.1 Å². The first-order valence-corrected chi connectivity index (χ1v) is 7.07. The van der Waals surface area contributed by atoms with E-state index in [-0.39, 0.29) is 0 Å². The Kier molecular flexibility index (Phi) is 4.80. The van der Waals surface area contributed by atoms with Gasteiger partial charge in [-0.15, -0.1) is 0 Å². The summed E-state index contributed by atoms with van der Waals surface area (Å²) in [5.41, 5.74) is 4.95. The molecule has 2 heteroatoms. The first-order valence-electron chi connectivity index (χ1n) is 7.07. The molecule has 0 radical (unpaired) electrons. The molecule has 0 spiro atoms. The van der Waals surface area contributed by atoms with Gasteiger partial charge in [0.15, 0.2) is 0 Å². The number of hydrogen-bond acceptors (Lipinski definition) is 2. The molecule has 1 N–H and O–H groups in total. The Bertz CT molecular complexity index is 575. The molecule has 0 aliphatic heterocycles. The van der Waals surface area contributed by atoms with E-state index in [2.05, 4.69) is 62.5 Å². The molecule has 106 valence electrons. The van der Waals surface area contributed by atoms with Crippen molar-refractivity contribution in [2.45, 2.75) is 33.4 Å². The number of hydrogen-bond donors (Lipinski definition) is 1. The maximum atomic E-state index is 5.31. The van der Waals surface area contributed by atoms with Gasteiger partial charge in [0.1, 0.15) is 5.75 Å². The fourth-order valence-electron chi connectivity index (χ4n) is 2.24. The molecule has 0 aromatic heterocycles. The van der Waals surface area contributed by atoms with Crippen LogP contribution in [0.25, 0.3) is 11.1 Å². The van der Waals surface area contributed by atoms with Crippen LogP contribution in [0, 0.1) is 6.92 Å². The molecule has 0 bridgehead atoms. The lowest BCUT2D eigenvalue weighted by atomic mass is 10.0. The Balaban J connectivity index is 2.24. The van der Waals surface area contributed by atoms with Crippen LogP contribution in [0.5, 0.6) is 5.75 Å². The van der Waals surface area contributed by atoms with E-state index in [0.29, 0.717) is 6.04 Å². The van der Waals surface area contributed by atoms with Crippen LogP contribution in [0.15, 0.2) is 42.5 Å². The summed E-state index contributed by atoms with van der Waals surface area (Å²) < 4.78 is 5.31. The molecule has 2 aromatic rings. The van der Waals surface area contributed by atoms with E-state index in [4.69, 9.17) is 4.74 Å². The van der Waals surface area contributed by atoms with Crippen LogP contribution in [0.4, 0.5) is 0 Å². The van der Waals surface area contributed by atoms with Crippen molar-refractivity contribution >= 4 is 0 Å². The van der Waals surface area contributed by atoms with Crippen molar-refractivity contribution in [1.29, 1.82) is 0 Å². The quantitative estimate of drug-likeness (QED) is 0.879. The minimum Gasteiger partial charge on any atom is -0.496 e. The molecule has 0 amide bonds. The molecule has 0 saturated carbocycles. The summed E-state index contributed by atoms with van der Waals surface area (Å²) in [6.07, 6.45) is 0. The minimum absolute atomic E-state index is 0.502. The van der Waals surface area contributed by atoms with Crippen molar-refractivity contribution in [3.8, 4) is 16.9 Å². The third-order valence-corrected chi connectivity index (χ3v) is 3.37. The summed E-state index contributed by atoms with van der Waals surface area (Å²) in [5.74, 6) is 0.936. The lowest BCUT2D eigenvalue weighted by Gasteiger charge is -2.11. The zero-order chi connectivity index (χ0) is 14.5. The van der Waals surface area contributed by atoms with Gasteiger partial charge in [0.25, 0.3) is 0 Å². The van der Waals surface area contributed by atoms with Crippen molar-refractivity contribution in [2.75, 3.05) is 7.11 Å². The first-order chi connectivity index (χ1) is 9.60. The number of methoxy groups -OCH3 is 1. The summed E-state index contributed by atoms with van der Waals surface area (Å²) >= 11 is 0. The smallest absolute Gasteiger partial charge is 0.121 e. The topological polar surface area (TPSA) is 21.3 Å². The van der Waals surface area contributed by atoms with E-state index < -0.39 is 0 Å². The fourth-order valence-corrected chi connectivity index (χ4v) is 2.24. The second-order valence-corrected chi connectivity index (χ2v) is 5.42. The van der Waals surface area contributed by atoms with Gasteiger partial charge in [-0.3, -0.25) is 0 Å². The number of ether oxygens (including phenoxy) is 1. The standard InChI is InChI=1S/C18H23NO/c1-13(2)19-12-15-6-5-7-16(11-15)17-8-9-18(20-4)14(3)10-17/h5-11,13,19H,12H2,1-4H3. The molecule has 0 fully saturated rings. The Morgan fingerprint density at radius 1 is 1.05 bits per heavy atom. The van der Waals surface area contributed by atoms with E-state index in [9.17, 15) is 0 Å². The highest BCUT2D eigenvalue weighted by Crippen LogP contribution is 2.26. The van der Waals surface area contributed by atoms with Gasteiger partial charge in [0.2, 0.25) is 0 Å². The Morgan fingerprint density at radius 2 is 1.80 bits per heavy atom. The molecule has 0 atom stereocenters. The van der Waals surface area contributed by atoms with Crippen LogP contribution in [0.1, 0.15) is 25.0 Å². The van der Waals surface area contributed by atoms with Crippen LogP contribution in [-0.4, -0.2) is 13.2 Å². The lowest BCUT2D eigenvalue weighted by Crippen LogP contribution is -2.21. The van der Waals surface area contributed by atoms with Crippen molar-refractivity contribution in [3.63, 3.8) is 0 Å². The Morgan fingerprint density at radius 3 is 2.45 bits per heavy atom. The number of nitrogens with one attached hydrogen (secondary N) is 1. The van der Waals surface area contributed by atoms with E-state index in [0.717, 1.165) is 17.9 Å². The van der Waals surface area contributed by atoms with Gasteiger partial charge in [0, 0.05) is 12.6 Å². The van der Waals surface area contributed by atoms with E-state index in [1.807, 2.05) is 6.07 Å². The maximum absolute atomic E-state index is 5.31. The predicted molar refractivity (Wildman–Crippen MR) is 85.1 cm³/mol. The normalized spacial score (nSPS) is 10.8. The number of aryl methyl sites for hydroxylation is 1. The second kappa shape index (κ2) is 6.58. The molecular weight excluding hydrogens is 246 g/mol. The molecule has 0 aliphatic carbocycles. The minimum atomic E-state index is 0.502. The predicted octanol–water partition coefficient (Wildman–Crippen LogP) is 4.17. The van der Waals surface area contributed by atoms with Crippen LogP contribution >= 0.6 is 0 Å². The van der Waals surface area contributed by atoms with Gasteiger partial charge in [-0.2, -0.15) is 0 Å². The van der Waals surface area contributed by atoms with Crippen molar-refractivity contribution in [3.05, 3.63) is 53.6 Å². The fraction of sp³-hybridized carbons (Fsp3) is 0.333. The van der Waals surface area contributed by atoms with E-state index >= 15 is 0 Å². The van der Waals surface area contributed by atoms with E-state index in [1.54, 1.807) is 7.11 Å². The van der Waals surface area contributed by atoms with Crippen LogP contribution < -0.4 is 10.1 Å². The van der Waals surface area contributed by atoms with Gasteiger partial charge in [0.05, 0.1) is 7.11 Å². The third-order valence-electron chi connectivity index (χ3n) is 3.37. The number of rotatable bonds is 5. The molecule has 0 saturated heterocycles. The Hall–Kier alpha value is -1.80. The van der Waals surface area contributed by atoms with Gasteiger partial charge in [-0.05, 0) is 47.4 Å². The average molecular weight is 269 g/mol. The van der Waals surface area contributed by atoms with Gasteiger partial charge in [-0.1, -0.05) is 38.1 Å². The molecule has 20 heavy (non-hydrogen) atoms. The highest BCUT2D eigenvalue weighted by atomic mass is 16.5. The highest BCUT2D eigenvalue weighted by Gasteiger charge is 2.03. The van der Waals surface area contributed by atoms with E-state index in [1.165, 1.54) is 16.7 Å². The molecule has 0 aliphatic rings. The third kappa shape index (κ3) is 3.61. The zero-order valence-electron chi connectivity index (χ0n) is 12.7.